The Labute approximate surface area is 262 Å². The summed E-state index contributed by atoms with van der Waals surface area (Å²) in [6.45, 7) is 3.65. The molecule has 0 bridgehead atoms. The summed E-state index contributed by atoms with van der Waals surface area (Å²) in [4.78, 5) is 55.1. The number of halogens is 1. The lowest BCUT2D eigenvalue weighted by Crippen LogP contribution is -2.78. The number of carbonyl (C=O) groups excluding carboxylic acids is 4. The third-order valence-electron chi connectivity index (χ3n) is 7.33. The van der Waals surface area contributed by atoms with Crippen molar-refractivity contribution in [1.29, 1.82) is 0 Å². The topological polar surface area (TPSA) is 111 Å². The molecule has 43 heavy (non-hydrogen) atoms. The van der Waals surface area contributed by atoms with Crippen LogP contribution in [0.3, 0.4) is 0 Å². The zero-order valence-electron chi connectivity index (χ0n) is 23.6. The standard InChI is InChI=1S/C32H31BrN2O7S/c1-31(2)25(27(37)41-19-22-14-8-4-9-15-22)35-28(38)32(33,29(35)43-31)24(26(36)40-18-21-12-6-3-7-13-21)34-30(39)42-20-23-16-10-5-11-17-23/h3-17,24-25,29H,18-20H2,1-2H3,(H,34,39)/t24?,25-,29+,32?/m0/s1. The molecule has 2 fully saturated rings. The summed E-state index contributed by atoms with van der Waals surface area (Å²) in [7, 11) is 0. The number of alkyl halides is 1. The van der Waals surface area contributed by atoms with E-state index < -0.39 is 50.5 Å². The van der Waals surface area contributed by atoms with E-state index in [9.17, 15) is 19.2 Å². The van der Waals surface area contributed by atoms with Crippen molar-refractivity contribution in [2.45, 2.75) is 60.2 Å². The van der Waals surface area contributed by atoms with E-state index in [-0.39, 0.29) is 19.8 Å². The molecule has 2 aliphatic rings. The number of thioether (sulfide) groups is 1. The molecule has 5 rings (SSSR count). The Balaban J connectivity index is 1.34. The molecule has 2 saturated heterocycles. The zero-order chi connectivity index (χ0) is 30.6. The molecule has 0 spiro atoms. The van der Waals surface area contributed by atoms with Crippen LogP contribution in [-0.4, -0.2) is 55.4 Å². The van der Waals surface area contributed by atoms with E-state index in [2.05, 4.69) is 21.2 Å². The Morgan fingerprint density at radius 3 is 1.79 bits per heavy atom. The number of amides is 2. The lowest BCUT2D eigenvalue weighted by atomic mass is 9.86. The number of benzene rings is 3. The van der Waals surface area contributed by atoms with Gasteiger partial charge in [-0.3, -0.25) is 4.79 Å². The molecule has 11 heteroatoms. The first kappa shape index (κ1) is 30.6. The molecule has 2 aliphatic heterocycles. The minimum atomic E-state index is -1.59. The van der Waals surface area contributed by atoms with E-state index in [0.29, 0.717) is 0 Å². The summed E-state index contributed by atoms with van der Waals surface area (Å²) < 4.78 is 14.2. The highest BCUT2D eigenvalue weighted by atomic mass is 79.9. The fraction of sp³-hybridized carbons (Fsp3) is 0.312. The van der Waals surface area contributed by atoms with Crippen LogP contribution in [0.15, 0.2) is 91.0 Å². The Bertz CT molecular complexity index is 1470. The van der Waals surface area contributed by atoms with Crippen LogP contribution in [0.25, 0.3) is 0 Å². The van der Waals surface area contributed by atoms with Gasteiger partial charge < -0.3 is 24.4 Å². The van der Waals surface area contributed by atoms with E-state index in [4.69, 9.17) is 14.2 Å². The zero-order valence-corrected chi connectivity index (χ0v) is 26.0. The molecule has 0 saturated carbocycles. The van der Waals surface area contributed by atoms with Gasteiger partial charge in [0, 0.05) is 4.75 Å². The number of hydrogen-bond donors (Lipinski definition) is 1. The largest absolute Gasteiger partial charge is 0.459 e. The molecule has 2 unspecified atom stereocenters. The summed E-state index contributed by atoms with van der Waals surface area (Å²) >= 11 is 4.87. The summed E-state index contributed by atoms with van der Waals surface area (Å²) in [6.07, 6.45) is -0.892. The first-order valence-corrected chi connectivity index (χ1v) is 15.4. The third-order valence-corrected chi connectivity index (χ3v) is 10.5. The lowest BCUT2D eigenvalue weighted by molar-refractivity contribution is -0.168. The number of hydrogen-bond acceptors (Lipinski definition) is 8. The van der Waals surface area contributed by atoms with Gasteiger partial charge in [0.1, 0.15) is 31.2 Å². The van der Waals surface area contributed by atoms with Gasteiger partial charge in [0.2, 0.25) is 5.91 Å². The van der Waals surface area contributed by atoms with Crippen molar-refractivity contribution in [2.75, 3.05) is 0 Å². The summed E-state index contributed by atoms with van der Waals surface area (Å²) in [5.74, 6) is -1.91. The molecule has 2 heterocycles. The molecule has 9 nitrogen and oxygen atoms in total. The number of rotatable bonds is 10. The molecule has 3 aromatic rings. The van der Waals surface area contributed by atoms with Gasteiger partial charge in [-0.2, -0.15) is 0 Å². The van der Waals surface area contributed by atoms with Gasteiger partial charge >= 0.3 is 18.0 Å². The van der Waals surface area contributed by atoms with Gasteiger partial charge in [-0.15, -0.1) is 11.8 Å². The van der Waals surface area contributed by atoms with Gasteiger partial charge in [0.15, 0.2) is 10.4 Å². The second kappa shape index (κ2) is 12.8. The van der Waals surface area contributed by atoms with E-state index in [1.54, 1.807) is 24.3 Å². The van der Waals surface area contributed by atoms with E-state index in [1.807, 2.05) is 80.6 Å². The van der Waals surface area contributed by atoms with Crippen LogP contribution in [0.1, 0.15) is 30.5 Å². The normalized spacial score (nSPS) is 22.5. The predicted octanol–water partition coefficient (Wildman–Crippen LogP) is 4.96. The van der Waals surface area contributed by atoms with Crippen molar-refractivity contribution in [2.24, 2.45) is 0 Å². The number of fused-ring (bicyclic) bond motifs is 1. The molecular weight excluding hydrogens is 636 g/mol. The van der Waals surface area contributed by atoms with Crippen molar-refractivity contribution >= 4 is 51.6 Å². The number of esters is 2. The maximum absolute atomic E-state index is 13.9. The number of ether oxygens (including phenoxy) is 3. The van der Waals surface area contributed by atoms with E-state index in [0.717, 1.165) is 16.7 Å². The Morgan fingerprint density at radius 1 is 0.814 bits per heavy atom. The average Bonchev–Trinajstić information content (AvgIpc) is 3.30. The second-order valence-electron chi connectivity index (χ2n) is 10.8. The number of carbonyl (C=O) groups is 4. The van der Waals surface area contributed by atoms with Crippen LogP contribution < -0.4 is 5.32 Å². The predicted molar refractivity (Wildman–Crippen MR) is 164 cm³/mol. The summed E-state index contributed by atoms with van der Waals surface area (Å²) in [6, 6.07) is 25.0. The summed E-state index contributed by atoms with van der Waals surface area (Å²) in [5, 5.41) is 1.88. The highest BCUT2D eigenvalue weighted by Crippen LogP contribution is 2.59. The van der Waals surface area contributed by atoms with Crippen LogP contribution in [0.2, 0.25) is 0 Å². The summed E-state index contributed by atoms with van der Waals surface area (Å²) in [5.41, 5.74) is 2.31. The molecule has 0 aliphatic carbocycles. The smallest absolute Gasteiger partial charge is 0.408 e. The maximum atomic E-state index is 13.9. The number of nitrogens with zero attached hydrogens (tertiary/aromatic N) is 1. The highest BCUT2D eigenvalue weighted by molar-refractivity contribution is 9.10. The number of alkyl carbamates (subject to hydrolysis) is 1. The molecular formula is C32H31BrN2O7S. The van der Waals surface area contributed by atoms with Crippen LogP contribution in [0, 0.1) is 0 Å². The van der Waals surface area contributed by atoms with Crippen LogP contribution in [-0.2, 0) is 48.4 Å². The molecule has 0 aromatic heterocycles. The van der Waals surface area contributed by atoms with Crippen LogP contribution in [0.5, 0.6) is 0 Å². The maximum Gasteiger partial charge on any atom is 0.408 e. The SMILES string of the molecule is CC1(C)S[C@H]2N(C(=O)C2(Br)C(NC(=O)OCc2ccccc2)C(=O)OCc2ccccc2)[C@H]1C(=O)OCc1ccccc1. The molecule has 224 valence electrons. The van der Waals surface area contributed by atoms with Crippen molar-refractivity contribution in [3.63, 3.8) is 0 Å². The minimum Gasteiger partial charge on any atom is -0.459 e. The van der Waals surface area contributed by atoms with Gasteiger partial charge in [0.25, 0.3) is 0 Å². The van der Waals surface area contributed by atoms with Crippen molar-refractivity contribution < 1.29 is 33.4 Å². The van der Waals surface area contributed by atoms with Crippen molar-refractivity contribution in [1.82, 2.24) is 10.2 Å². The number of β-lactam (4-membered cyclic amide) rings is 1. The molecule has 2 amide bonds. The minimum absolute atomic E-state index is 0.0334. The van der Waals surface area contributed by atoms with Gasteiger partial charge in [-0.25, -0.2) is 14.4 Å². The first-order valence-electron chi connectivity index (χ1n) is 13.7. The van der Waals surface area contributed by atoms with Crippen LogP contribution in [0.4, 0.5) is 4.79 Å². The van der Waals surface area contributed by atoms with Crippen molar-refractivity contribution in [3.05, 3.63) is 108 Å². The quantitative estimate of drug-likeness (QED) is 0.140. The highest BCUT2D eigenvalue weighted by Gasteiger charge is 2.74. The molecule has 0 radical (unpaired) electrons. The fourth-order valence-electron chi connectivity index (χ4n) is 5.13. The Hall–Kier alpha value is -3.83. The Kier molecular flexibility index (Phi) is 9.12. The molecule has 3 aromatic carbocycles. The third kappa shape index (κ3) is 6.42. The Morgan fingerprint density at radius 2 is 1.28 bits per heavy atom. The fourth-order valence-corrected chi connectivity index (χ4v) is 7.79. The van der Waals surface area contributed by atoms with Gasteiger partial charge in [-0.1, -0.05) is 107 Å². The lowest BCUT2D eigenvalue weighted by Gasteiger charge is -2.52. The monoisotopic (exact) mass is 666 g/mol. The molecule has 4 atom stereocenters. The van der Waals surface area contributed by atoms with E-state index in [1.165, 1.54) is 16.7 Å². The van der Waals surface area contributed by atoms with Gasteiger partial charge in [0.05, 0.1) is 0 Å². The number of nitrogens with one attached hydrogen (secondary N) is 1. The van der Waals surface area contributed by atoms with Gasteiger partial charge in [-0.05, 0) is 30.5 Å². The first-order chi connectivity index (χ1) is 20.6. The second-order valence-corrected chi connectivity index (χ2v) is 13.8. The molecule has 1 N–H and O–H groups in total. The van der Waals surface area contributed by atoms with Crippen molar-refractivity contribution in [3.8, 4) is 0 Å². The van der Waals surface area contributed by atoms with Crippen LogP contribution >= 0.6 is 27.7 Å². The van der Waals surface area contributed by atoms with E-state index >= 15 is 0 Å². The average molecular weight is 668 g/mol.